The molecule has 0 aromatic rings. The van der Waals surface area contributed by atoms with E-state index in [4.69, 9.17) is 10.3 Å². The monoisotopic (exact) mass is 314 g/mol. The minimum Gasteiger partial charge on any atom is -0.229 e. The second-order valence-corrected chi connectivity index (χ2v) is 7.40. The average molecular weight is 314 g/mol. The molecule has 4 N–H and O–H groups in total. The summed E-state index contributed by atoms with van der Waals surface area (Å²) in [5, 5.41) is 9.47. The van der Waals surface area contributed by atoms with Gasteiger partial charge in [0.1, 0.15) is 0 Å². The first-order chi connectivity index (χ1) is 7.91. The predicted octanol–water partition coefficient (Wildman–Crippen LogP) is 0.830. The van der Waals surface area contributed by atoms with Crippen LogP contribution in [-0.4, -0.2) is 28.3 Å². The molecule has 2 atom stereocenters. The molecule has 0 heterocycles. The molecule has 6 nitrogen and oxygen atoms in total. The number of hydrogen-bond acceptors (Lipinski definition) is 4. The molecule has 0 radical (unpaired) electrons. The molecule has 0 saturated heterocycles. The Morgan fingerprint density at radius 3 is 1.16 bits per heavy atom. The summed E-state index contributed by atoms with van der Waals surface area (Å²) in [5.74, 6) is -0.146. The summed E-state index contributed by atoms with van der Waals surface area (Å²) in [4.78, 5) is 0. The van der Waals surface area contributed by atoms with Gasteiger partial charge >= 0.3 is 0 Å². The van der Waals surface area contributed by atoms with Crippen molar-refractivity contribution in [3.8, 4) is 0 Å². The maximum absolute atomic E-state index is 10.3. The number of allylic oxidation sites excluding steroid dienone is 2. The third-order valence-corrected chi connectivity index (χ3v) is 3.78. The quantitative estimate of drug-likeness (QED) is 0.705. The van der Waals surface area contributed by atoms with Crippen molar-refractivity contribution in [3.63, 3.8) is 0 Å². The Morgan fingerprint density at radius 1 is 0.895 bits per heavy atom. The van der Waals surface area contributed by atoms with Gasteiger partial charge in [-0.05, 0) is 11.8 Å². The summed E-state index contributed by atoms with van der Waals surface area (Å²) < 4.78 is 41.3. The molecule has 0 aliphatic carbocycles. The van der Waals surface area contributed by atoms with E-state index in [1.165, 1.54) is 0 Å². The van der Waals surface area contributed by atoms with E-state index in [9.17, 15) is 16.8 Å². The fourth-order valence-corrected chi connectivity index (χ4v) is 2.61. The van der Waals surface area contributed by atoms with Gasteiger partial charge in [-0.3, -0.25) is 0 Å². The number of sulfonamides is 2. The fraction of sp³-hybridized carbons (Fsp3) is 0.636. The highest BCUT2D eigenvalue weighted by atomic mass is 32.2. The Morgan fingerprint density at radius 2 is 1.11 bits per heavy atom. The first-order valence-electron chi connectivity index (χ1n) is 5.17. The van der Waals surface area contributed by atoms with Gasteiger partial charge in [0.05, 0.1) is 11.5 Å². The normalized spacial score (nSPS) is 14.1. The highest BCUT2D eigenvalue weighted by Gasteiger charge is 2.06. The first kappa shape index (κ1) is 23.4. The molecule has 0 aliphatic heterocycles. The summed E-state index contributed by atoms with van der Waals surface area (Å²) in [7, 11) is -6.61. The van der Waals surface area contributed by atoms with Crippen molar-refractivity contribution < 1.29 is 16.8 Å². The third kappa shape index (κ3) is 22.9. The van der Waals surface area contributed by atoms with Gasteiger partial charge in [-0.1, -0.05) is 33.4 Å². The molecular weight excluding hydrogens is 288 g/mol. The molecule has 0 spiro atoms. The van der Waals surface area contributed by atoms with Crippen molar-refractivity contribution in [2.24, 2.45) is 22.1 Å². The van der Waals surface area contributed by atoms with Crippen molar-refractivity contribution in [3.05, 3.63) is 25.3 Å². The zero-order valence-electron chi connectivity index (χ0n) is 10.7. The summed E-state index contributed by atoms with van der Waals surface area (Å²) in [6.07, 6.45) is 3.12. The van der Waals surface area contributed by atoms with Crippen LogP contribution in [0.2, 0.25) is 0 Å². The van der Waals surface area contributed by atoms with Crippen molar-refractivity contribution in [1.29, 1.82) is 0 Å². The van der Waals surface area contributed by atoms with Gasteiger partial charge in [0.25, 0.3) is 0 Å². The largest absolute Gasteiger partial charge is 0.229 e. The number of rotatable bonds is 6. The van der Waals surface area contributed by atoms with Crippen LogP contribution in [0.25, 0.3) is 0 Å². The standard InChI is InChI=1S/2C5H11NO2S.CH4/c2*1-3-5(2)4-9(6,7)8;/h2*3,5H,1,4H2,2H3,(H2,6,7,8);1H4/t2*5-;/m10./s1. The molecule has 0 aromatic heterocycles. The molecule has 19 heavy (non-hydrogen) atoms. The van der Waals surface area contributed by atoms with E-state index >= 15 is 0 Å². The molecule has 8 heteroatoms. The summed E-state index contributed by atoms with van der Waals surface area (Å²) >= 11 is 0. The van der Waals surface area contributed by atoms with E-state index < -0.39 is 20.0 Å². The molecule has 0 amide bonds. The van der Waals surface area contributed by atoms with Crippen LogP contribution < -0.4 is 10.3 Å². The molecule has 0 aromatic carbocycles. The van der Waals surface area contributed by atoms with Gasteiger partial charge in [0, 0.05) is 0 Å². The minimum atomic E-state index is -3.31. The van der Waals surface area contributed by atoms with Crippen LogP contribution in [0.4, 0.5) is 0 Å². The van der Waals surface area contributed by atoms with Gasteiger partial charge in [0.15, 0.2) is 0 Å². The number of hydrogen-bond donors (Lipinski definition) is 2. The van der Waals surface area contributed by atoms with Gasteiger partial charge < -0.3 is 0 Å². The molecule has 0 aliphatic rings. The van der Waals surface area contributed by atoms with Crippen LogP contribution in [0.3, 0.4) is 0 Å². The van der Waals surface area contributed by atoms with Crippen LogP contribution in [0.5, 0.6) is 0 Å². The van der Waals surface area contributed by atoms with Crippen molar-refractivity contribution in [1.82, 2.24) is 0 Å². The van der Waals surface area contributed by atoms with Gasteiger partial charge in [-0.15, -0.1) is 13.2 Å². The van der Waals surface area contributed by atoms with E-state index in [2.05, 4.69) is 13.2 Å². The van der Waals surface area contributed by atoms with Crippen LogP contribution >= 0.6 is 0 Å². The lowest BCUT2D eigenvalue weighted by atomic mass is 10.2. The second-order valence-electron chi connectivity index (χ2n) is 4.09. The lowest BCUT2D eigenvalue weighted by molar-refractivity contribution is 0.588. The molecule has 0 unspecified atom stereocenters. The number of nitrogens with two attached hydrogens (primary N) is 2. The maximum Gasteiger partial charge on any atom is 0.209 e. The van der Waals surface area contributed by atoms with Gasteiger partial charge in [-0.25, -0.2) is 27.1 Å². The number of primary sulfonamides is 2. The Bertz CT molecular complexity index is 411. The van der Waals surface area contributed by atoms with Gasteiger partial charge in [-0.2, -0.15) is 0 Å². The van der Waals surface area contributed by atoms with E-state index in [0.29, 0.717) is 0 Å². The van der Waals surface area contributed by atoms with Gasteiger partial charge in [0.2, 0.25) is 20.0 Å². The second kappa shape index (κ2) is 10.1. The SMILES string of the molecule is C.C=C[C@@H](C)CS(N)(=O)=O.C=C[C@H](C)CS(N)(=O)=O. The zero-order valence-corrected chi connectivity index (χ0v) is 12.4. The minimum absolute atomic E-state index is 0. The van der Waals surface area contributed by atoms with E-state index in [-0.39, 0.29) is 30.8 Å². The average Bonchev–Trinajstić information content (AvgIpc) is 2.13. The molecule has 0 saturated carbocycles. The first-order valence-corrected chi connectivity index (χ1v) is 8.60. The van der Waals surface area contributed by atoms with Crippen molar-refractivity contribution in [2.45, 2.75) is 21.3 Å². The van der Waals surface area contributed by atoms with Crippen LogP contribution in [0.1, 0.15) is 21.3 Å². The summed E-state index contributed by atoms with van der Waals surface area (Å²) in [6.45, 7) is 10.3. The summed E-state index contributed by atoms with van der Waals surface area (Å²) in [5.41, 5.74) is 0. The van der Waals surface area contributed by atoms with E-state index in [1.807, 2.05) is 0 Å². The van der Waals surface area contributed by atoms with Crippen molar-refractivity contribution >= 4 is 20.0 Å². The Kier molecular flexibility index (Phi) is 12.5. The highest BCUT2D eigenvalue weighted by molar-refractivity contribution is 7.89. The fourth-order valence-electron chi connectivity index (χ4n) is 0.869. The predicted molar refractivity (Wildman–Crippen MR) is 81.4 cm³/mol. The topological polar surface area (TPSA) is 120 Å². The summed E-state index contributed by atoms with van der Waals surface area (Å²) in [6, 6.07) is 0. The Balaban J connectivity index is -0.000000256. The van der Waals surface area contributed by atoms with E-state index in [0.717, 1.165) is 0 Å². The van der Waals surface area contributed by atoms with Crippen LogP contribution in [0, 0.1) is 11.8 Å². The Labute approximate surface area is 117 Å². The smallest absolute Gasteiger partial charge is 0.209 e. The van der Waals surface area contributed by atoms with Crippen LogP contribution in [-0.2, 0) is 20.0 Å². The molecule has 116 valence electrons. The molecule has 0 fully saturated rings. The van der Waals surface area contributed by atoms with Crippen LogP contribution in [0.15, 0.2) is 25.3 Å². The molecule has 0 rings (SSSR count). The third-order valence-electron chi connectivity index (χ3n) is 1.80. The molecular formula is C11H26N2O4S2. The lowest BCUT2D eigenvalue weighted by Gasteiger charge is -2.00. The van der Waals surface area contributed by atoms with Crippen molar-refractivity contribution in [2.75, 3.05) is 11.5 Å². The highest BCUT2D eigenvalue weighted by Crippen LogP contribution is 1.97. The maximum atomic E-state index is 10.3. The lowest BCUT2D eigenvalue weighted by Crippen LogP contribution is -2.20. The molecule has 0 bridgehead atoms. The Hall–Kier alpha value is -0.700. The van der Waals surface area contributed by atoms with E-state index in [1.54, 1.807) is 26.0 Å². The zero-order chi connectivity index (χ0) is 15.0.